The van der Waals surface area contributed by atoms with E-state index >= 15 is 0 Å². The molecule has 1 heterocycles. The maximum absolute atomic E-state index is 11.5. The van der Waals surface area contributed by atoms with Crippen LogP contribution < -0.4 is 0 Å². The number of ketones is 1. The van der Waals surface area contributed by atoms with Crippen molar-refractivity contribution in [3.8, 4) is 0 Å². The molecule has 0 N–H and O–H groups in total. The van der Waals surface area contributed by atoms with Crippen LogP contribution in [0.25, 0.3) is 0 Å². The second-order valence-electron chi connectivity index (χ2n) is 2.87. The van der Waals surface area contributed by atoms with E-state index in [0.717, 1.165) is 12.8 Å². The normalized spacial score (nSPS) is 10.0. The molecule has 0 aliphatic rings. The average Bonchev–Trinajstić information content (AvgIpc) is 2.15. The Bertz CT molecular complexity index is 299. The van der Waals surface area contributed by atoms with Crippen molar-refractivity contribution in [1.82, 2.24) is 4.98 Å². The first-order valence-corrected chi connectivity index (χ1v) is 4.77. The van der Waals surface area contributed by atoms with Crippen molar-refractivity contribution >= 4 is 17.4 Å². The number of nitrogens with zero attached hydrogens (tertiary/aromatic N) is 1. The van der Waals surface area contributed by atoms with Crippen LogP contribution in [0.3, 0.4) is 0 Å². The van der Waals surface area contributed by atoms with E-state index in [0.29, 0.717) is 17.1 Å². The topological polar surface area (TPSA) is 30.0 Å². The van der Waals surface area contributed by atoms with Crippen molar-refractivity contribution in [3.63, 3.8) is 0 Å². The first-order valence-electron chi connectivity index (χ1n) is 4.39. The van der Waals surface area contributed by atoms with E-state index in [-0.39, 0.29) is 5.78 Å². The molecule has 0 aromatic carbocycles. The summed E-state index contributed by atoms with van der Waals surface area (Å²) < 4.78 is 0. The third-order valence-corrected chi connectivity index (χ3v) is 2.12. The van der Waals surface area contributed by atoms with Gasteiger partial charge in [-0.15, -0.1) is 0 Å². The first-order chi connectivity index (χ1) is 6.25. The zero-order chi connectivity index (χ0) is 9.68. The smallest absolute Gasteiger partial charge is 0.165 e. The van der Waals surface area contributed by atoms with Crippen LogP contribution in [-0.4, -0.2) is 10.8 Å². The van der Waals surface area contributed by atoms with E-state index in [9.17, 15) is 4.79 Å². The van der Waals surface area contributed by atoms with Crippen LogP contribution in [-0.2, 0) is 0 Å². The number of aromatic nitrogens is 1. The molecule has 1 aromatic rings. The zero-order valence-corrected chi connectivity index (χ0v) is 8.34. The van der Waals surface area contributed by atoms with Gasteiger partial charge < -0.3 is 0 Å². The Morgan fingerprint density at radius 2 is 2.38 bits per heavy atom. The molecule has 1 aromatic heterocycles. The molecule has 0 saturated carbocycles. The van der Waals surface area contributed by atoms with Gasteiger partial charge in [0.1, 0.15) is 5.15 Å². The maximum atomic E-state index is 11.5. The Labute approximate surface area is 82.9 Å². The Hall–Kier alpha value is -0.890. The lowest BCUT2D eigenvalue weighted by atomic mass is 10.1. The quantitative estimate of drug-likeness (QED) is 0.549. The Balaban J connectivity index is 2.71. The van der Waals surface area contributed by atoms with Crippen LogP contribution in [0.15, 0.2) is 18.3 Å². The molecule has 0 atom stereocenters. The summed E-state index contributed by atoms with van der Waals surface area (Å²) in [5.41, 5.74) is 0.539. The van der Waals surface area contributed by atoms with Gasteiger partial charge in [0.25, 0.3) is 0 Å². The fraction of sp³-hybridized carbons (Fsp3) is 0.400. The number of carbonyl (C=O) groups is 1. The second-order valence-corrected chi connectivity index (χ2v) is 3.23. The van der Waals surface area contributed by atoms with Crippen molar-refractivity contribution in [3.05, 3.63) is 29.0 Å². The van der Waals surface area contributed by atoms with Gasteiger partial charge in [-0.1, -0.05) is 24.9 Å². The predicted molar refractivity (Wildman–Crippen MR) is 53.1 cm³/mol. The molecular formula is C10H12ClNO. The number of carbonyl (C=O) groups excluding carboxylic acids is 1. The van der Waals surface area contributed by atoms with Gasteiger partial charge in [0.05, 0.1) is 5.56 Å². The number of halogens is 1. The SMILES string of the molecule is CCCCC(=O)c1cccnc1Cl. The molecule has 2 nitrogen and oxygen atoms in total. The molecule has 0 saturated heterocycles. The molecule has 0 radical (unpaired) electrons. The van der Waals surface area contributed by atoms with E-state index in [1.165, 1.54) is 0 Å². The van der Waals surface area contributed by atoms with E-state index in [1.807, 2.05) is 0 Å². The minimum absolute atomic E-state index is 0.0833. The average molecular weight is 198 g/mol. The van der Waals surface area contributed by atoms with Crippen LogP contribution in [0.5, 0.6) is 0 Å². The zero-order valence-electron chi connectivity index (χ0n) is 7.59. The molecule has 0 amide bonds. The number of hydrogen-bond donors (Lipinski definition) is 0. The van der Waals surface area contributed by atoms with Crippen LogP contribution in [0.2, 0.25) is 5.15 Å². The maximum Gasteiger partial charge on any atom is 0.165 e. The van der Waals surface area contributed by atoms with E-state index in [4.69, 9.17) is 11.6 Å². The summed E-state index contributed by atoms with van der Waals surface area (Å²) >= 11 is 5.77. The second kappa shape index (κ2) is 4.97. The minimum atomic E-state index is 0.0833. The molecule has 0 spiro atoms. The lowest BCUT2D eigenvalue weighted by Crippen LogP contribution is -2.00. The summed E-state index contributed by atoms with van der Waals surface area (Å²) in [5.74, 6) is 0.0833. The molecule has 0 aliphatic heterocycles. The third-order valence-electron chi connectivity index (χ3n) is 1.82. The van der Waals surface area contributed by atoms with Crippen LogP contribution in [0.4, 0.5) is 0 Å². The van der Waals surface area contributed by atoms with Gasteiger partial charge >= 0.3 is 0 Å². The van der Waals surface area contributed by atoms with E-state index < -0.39 is 0 Å². The summed E-state index contributed by atoms with van der Waals surface area (Å²) in [5, 5.41) is 0.309. The van der Waals surface area contributed by atoms with E-state index in [2.05, 4.69) is 11.9 Å². The molecule has 3 heteroatoms. The molecule has 0 bridgehead atoms. The molecule has 13 heavy (non-hydrogen) atoms. The third kappa shape index (κ3) is 2.81. The van der Waals surface area contributed by atoms with Crippen LogP contribution >= 0.6 is 11.6 Å². The Morgan fingerprint density at radius 3 is 3.00 bits per heavy atom. The summed E-state index contributed by atoms with van der Waals surface area (Å²) in [6.07, 6.45) is 4.06. The number of Topliss-reactive ketones (excluding diaryl/α,β-unsaturated/α-hetero) is 1. The summed E-state index contributed by atoms with van der Waals surface area (Å²) in [4.78, 5) is 15.4. The van der Waals surface area contributed by atoms with Crippen molar-refractivity contribution in [2.45, 2.75) is 26.2 Å². The number of hydrogen-bond acceptors (Lipinski definition) is 2. The lowest BCUT2D eigenvalue weighted by molar-refractivity contribution is 0.0979. The van der Waals surface area contributed by atoms with Crippen molar-refractivity contribution in [2.24, 2.45) is 0 Å². The summed E-state index contributed by atoms with van der Waals surface area (Å²) in [6, 6.07) is 3.44. The molecule has 0 unspecified atom stereocenters. The minimum Gasteiger partial charge on any atom is -0.294 e. The number of pyridine rings is 1. The van der Waals surface area contributed by atoms with Crippen LogP contribution in [0.1, 0.15) is 36.5 Å². The molecule has 0 fully saturated rings. The van der Waals surface area contributed by atoms with Crippen molar-refractivity contribution in [1.29, 1.82) is 0 Å². The van der Waals surface area contributed by atoms with Gasteiger partial charge in [0.2, 0.25) is 0 Å². The number of unbranched alkanes of at least 4 members (excludes halogenated alkanes) is 1. The lowest BCUT2D eigenvalue weighted by Gasteiger charge is -2.00. The fourth-order valence-corrected chi connectivity index (χ4v) is 1.29. The first kappa shape index (κ1) is 10.2. The highest BCUT2D eigenvalue weighted by atomic mass is 35.5. The fourth-order valence-electron chi connectivity index (χ4n) is 1.07. The molecular weight excluding hydrogens is 186 g/mol. The molecule has 70 valence electrons. The van der Waals surface area contributed by atoms with Gasteiger partial charge in [-0.2, -0.15) is 0 Å². The number of rotatable bonds is 4. The molecule has 0 aliphatic carbocycles. The monoisotopic (exact) mass is 197 g/mol. The van der Waals surface area contributed by atoms with Gasteiger partial charge in [-0.3, -0.25) is 4.79 Å². The highest BCUT2D eigenvalue weighted by Crippen LogP contribution is 2.14. The van der Waals surface area contributed by atoms with Gasteiger partial charge in [-0.25, -0.2) is 4.98 Å². The Kier molecular flexibility index (Phi) is 3.90. The van der Waals surface area contributed by atoms with Crippen molar-refractivity contribution in [2.75, 3.05) is 0 Å². The molecule has 1 rings (SSSR count). The highest BCUT2D eigenvalue weighted by molar-refractivity contribution is 6.32. The van der Waals surface area contributed by atoms with E-state index in [1.54, 1.807) is 18.3 Å². The van der Waals surface area contributed by atoms with Gasteiger partial charge in [0, 0.05) is 12.6 Å². The Morgan fingerprint density at radius 1 is 1.62 bits per heavy atom. The predicted octanol–water partition coefficient (Wildman–Crippen LogP) is 3.11. The summed E-state index contributed by atoms with van der Waals surface area (Å²) in [7, 11) is 0. The largest absolute Gasteiger partial charge is 0.294 e. The van der Waals surface area contributed by atoms with Gasteiger partial charge in [-0.05, 0) is 18.6 Å². The summed E-state index contributed by atoms with van der Waals surface area (Å²) in [6.45, 7) is 2.05. The standard InChI is InChI=1S/C10H12ClNO/c1-2-3-6-9(13)8-5-4-7-12-10(8)11/h4-5,7H,2-3,6H2,1H3. The highest BCUT2D eigenvalue weighted by Gasteiger charge is 2.09. The van der Waals surface area contributed by atoms with Crippen LogP contribution in [0, 0.1) is 0 Å². The van der Waals surface area contributed by atoms with Crippen molar-refractivity contribution < 1.29 is 4.79 Å². The van der Waals surface area contributed by atoms with Gasteiger partial charge in [0.15, 0.2) is 5.78 Å².